The van der Waals surface area contributed by atoms with Crippen LogP contribution in [0.5, 0.6) is 0 Å². The van der Waals surface area contributed by atoms with E-state index < -0.39 is 33.8 Å². The highest BCUT2D eigenvalue weighted by atomic mass is 32.2. The topological polar surface area (TPSA) is 75.5 Å². The van der Waals surface area contributed by atoms with Crippen LogP contribution in [0, 0.1) is 10.1 Å². The molecule has 0 spiro atoms. The normalized spacial score (nSPS) is 18.7. The first-order valence-electron chi connectivity index (χ1n) is 13.7. The molecule has 214 valence electrons. The summed E-state index contributed by atoms with van der Waals surface area (Å²) in [4.78, 5) is 25.9. The molecule has 1 amide bonds. The zero-order chi connectivity index (χ0) is 28.6. The van der Waals surface area contributed by atoms with E-state index in [1.807, 2.05) is 44.2 Å². The number of nitro groups is 1. The number of aryl methyl sites for hydroxylation is 1. The fourth-order valence-electron chi connectivity index (χ4n) is 5.40. The number of alkyl halides is 3. The molecule has 39 heavy (non-hydrogen) atoms. The van der Waals surface area contributed by atoms with Crippen molar-refractivity contribution >= 4 is 23.4 Å². The minimum atomic E-state index is -4.83. The van der Waals surface area contributed by atoms with E-state index in [4.69, 9.17) is 0 Å². The van der Waals surface area contributed by atoms with Crippen molar-refractivity contribution in [1.82, 2.24) is 10.2 Å². The number of halogens is 3. The van der Waals surface area contributed by atoms with Crippen LogP contribution in [0.1, 0.15) is 80.3 Å². The number of hydrogen-bond donors (Lipinski definition) is 1. The van der Waals surface area contributed by atoms with Crippen molar-refractivity contribution in [1.29, 1.82) is 0 Å². The van der Waals surface area contributed by atoms with Gasteiger partial charge < -0.3 is 10.2 Å². The summed E-state index contributed by atoms with van der Waals surface area (Å²) in [6.45, 7) is 5.26. The summed E-state index contributed by atoms with van der Waals surface area (Å²) in [5.41, 5.74) is -1.10. The van der Waals surface area contributed by atoms with Gasteiger partial charge in [-0.3, -0.25) is 14.9 Å². The first kappa shape index (κ1) is 30.9. The lowest BCUT2D eigenvalue weighted by molar-refractivity contribution is -0.387. The molecule has 1 N–H and O–H groups in total. The molecule has 6 nitrogen and oxygen atoms in total. The number of thioether (sulfide) groups is 1. The predicted octanol–water partition coefficient (Wildman–Crippen LogP) is 7.50. The fourth-order valence-corrected chi connectivity index (χ4v) is 6.97. The Kier molecular flexibility index (Phi) is 10.8. The van der Waals surface area contributed by atoms with Gasteiger partial charge in [0.15, 0.2) is 0 Å². The van der Waals surface area contributed by atoms with Crippen molar-refractivity contribution in [3.63, 3.8) is 0 Å². The van der Waals surface area contributed by atoms with Crippen molar-refractivity contribution in [3.05, 3.63) is 69.3 Å². The summed E-state index contributed by atoms with van der Waals surface area (Å²) in [5.74, 6) is -0.847. The number of rotatable bonds is 8. The molecule has 1 atom stereocenters. The summed E-state index contributed by atoms with van der Waals surface area (Å²) in [7, 11) is 1.46. The fraction of sp³-hybridized carbons (Fsp3) is 0.552. The van der Waals surface area contributed by atoms with Gasteiger partial charge in [-0.15, -0.1) is 11.8 Å². The zero-order valence-corrected chi connectivity index (χ0v) is 23.7. The van der Waals surface area contributed by atoms with E-state index in [-0.39, 0.29) is 15.7 Å². The molecule has 1 saturated heterocycles. The third kappa shape index (κ3) is 7.75. The molecule has 1 aliphatic heterocycles. The van der Waals surface area contributed by atoms with Crippen LogP contribution in [0.3, 0.4) is 0 Å². The highest BCUT2D eigenvalue weighted by molar-refractivity contribution is 8.00. The monoisotopic (exact) mass is 565 g/mol. The van der Waals surface area contributed by atoms with Crippen LogP contribution in [0.2, 0.25) is 0 Å². The Morgan fingerprint density at radius 1 is 1.15 bits per heavy atom. The van der Waals surface area contributed by atoms with Crippen molar-refractivity contribution < 1.29 is 22.9 Å². The molecule has 4 rings (SSSR count). The Morgan fingerprint density at radius 3 is 2.38 bits per heavy atom. The van der Waals surface area contributed by atoms with Crippen LogP contribution in [0.25, 0.3) is 0 Å². The first-order valence-corrected chi connectivity index (χ1v) is 14.5. The van der Waals surface area contributed by atoms with E-state index in [1.54, 1.807) is 0 Å². The quantitative estimate of drug-likeness (QED) is 0.265. The third-order valence-corrected chi connectivity index (χ3v) is 9.12. The van der Waals surface area contributed by atoms with E-state index >= 15 is 0 Å². The lowest BCUT2D eigenvalue weighted by Gasteiger charge is -2.32. The molecule has 0 bridgehead atoms. The number of piperidine rings is 1. The van der Waals surface area contributed by atoms with Gasteiger partial charge in [-0.1, -0.05) is 57.0 Å². The number of carbonyl (C=O) groups is 1. The van der Waals surface area contributed by atoms with E-state index in [0.717, 1.165) is 62.8 Å². The van der Waals surface area contributed by atoms with E-state index in [1.165, 1.54) is 23.7 Å². The molecule has 2 aromatic carbocycles. The lowest BCUT2D eigenvalue weighted by atomic mass is 9.97. The smallest absolute Gasteiger partial charge is 0.337 e. The highest BCUT2D eigenvalue weighted by Crippen LogP contribution is 2.51. The molecular weight excluding hydrogens is 527 g/mol. The summed E-state index contributed by atoms with van der Waals surface area (Å²) >= 11 is 1.18. The molecule has 2 fully saturated rings. The summed E-state index contributed by atoms with van der Waals surface area (Å²) in [6.07, 6.45) is 1.50. The van der Waals surface area contributed by atoms with Crippen molar-refractivity contribution in [3.8, 4) is 0 Å². The minimum Gasteiger partial charge on any atom is -0.337 e. The second-order valence-corrected chi connectivity index (χ2v) is 11.5. The maximum Gasteiger partial charge on any atom is 0.417 e. The van der Waals surface area contributed by atoms with E-state index in [2.05, 4.69) is 5.32 Å². The predicted molar refractivity (Wildman–Crippen MR) is 149 cm³/mol. The second kappa shape index (κ2) is 13.7. The number of benzene rings is 2. The number of hydrogen-bond acceptors (Lipinski definition) is 5. The molecule has 0 unspecified atom stereocenters. The Hall–Kier alpha value is -2.59. The van der Waals surface area contributed by atoms with E-state index in [9.17, 15) is 28.1 Å². The van der Waals surface area contributed by atoms with Gasteiger partial charge in [0.1, 0.15) is 0 Å². The molecule has 10 heteroatoms. The maximum atomic E-state index is 14.2. The average Bonchev–Trinajstić information content (AvgIpc) is 3.41. The van der Waals surface area contributed by atoms with Crippen LogP contribution in [0.15, 0.2) is 47.4 Å². The molecule has 1 saturated carbocycles. The van der Waals surface area contributed by atoms with Crippen molar-refractivity contribution in [2.75, 3.05) is 20.1 Å². The molecule has 0 radical (unpaired) electrons. The van der Waals surface area contributed by atoms with Crippen LogP contribution >= 0.6 is 11.8 Å². The van der Waals surface area contributed by atoms with Gasteiger partial charge in [0.2, 0.25) is 0 Å². The number of nitrogens with one attached hydrogen (secondary N) is 1. The number of carbonyl (C=O) groups excluding carboxylic acids is 1. The summed E-state index contributed by atoms with van der Waals surface area (Å²) < 4.78 is 42.3. The summed E-state index contributed by atoms with van der Waals surface area (Å²) in [5, 5.41) is 15.2. The van der Waals surface area contributed by atoms with Crippen LogP contribution in [0.4, 0.5) is 18.9 Å². The molecule has 2 aromatic rings. The number of nitrogens with zero attached hydrogens (tertiary/aromatic N) is 2. The Balaban J connectivity index is 0.00000205. The van der Waals surface area contributed by atoms with Gasteiger partial charge >= 0.3 is 6.18 Å². The van der Waals surface area contributed by atoms with Crippen LogP contribution in [-0.2, 0) is 12.6 Å². The van der Waals surface area contributed by atoms with Gasteiger partial charge in [0, 0.05) is 30.4 Å². The molecule has 1 heterocycles. The second-order valence-electron chi connectivity index (χ2n) is 10.0. The molecular formula is C29H38F3N3O3S. The number of nitro benzene ring substituents is 1. The maximum absolute atomic E-state index is 14.2. The van der Waals surface area contributed by atoms with Gasteiger partial charge in [-0.25, -0.2) is 0 Å². The third-order valence-electron chi connectivity index (χ3n) is 7.52. The first-order chi connectivity index (χ1) is 18.6. The number of likely N-dealkylation sites (N-methyl/N-ethyl adjacent to an activating group) is 1. The number of amides is 1. The average molecular weight is 566 g/mol. The van der Waals surface area contributed by atoms with Crippen LogP contribution in [-0.4, -0.2) is 46.7 Å². The van der Waals surface area contributed by atoms with Gasteiger partial charge in [0.05, 0.1) is 20.9 Å². The van der Waals surface area contributed by atoms with Crippen molar-refractivity contribution in [2.24, 2.45) is 0 Å². The molecule has 1 aliphatic carbocycles. The highest BCUT2D eigenvalue weighted by Gasteiger charge is 2.42. The Morgan fingerprint density at radius 2 is 1.82 bits per heavy atom. The van der Waals surface area contributed by atoms with Crippen molar-refractivity contribution in [2.45, 2.75) is 87.1 Å². The lowest BCUT2D eigenvalue weighted by Crippen LogP contribution is -2.47. The minimum absolute atomic E-state index is 0.0224. The molecule has 0 aromatic heterocycles. The molecule has 2 aliphatic rings. The Labute approximate surface area is 232 Å². The van der Waals surface area contributed by atoms with Gasteiger partial charge in [0.25, 0.3) is 11.6 Å². The SMILES string of the molecule is CC.CN(C(=O)c1cc([N+](=O)[O-])c(SC2(CCc3ccccc3)CCCC2)cc1C(F)(F)F)[C@@H]1CCCNC1. The largest absolute Gasteiger partial charge is 0.417 e. The van der Waals surface area contributed by atoms with E-state index in [0.29, 0.717) is 19.4 Å². The Bertz CT molecular complexity index is 1120. The zero-order valence-electron chi connectivity index (χ0n) is 22.9. The van der Waals surface area contributed by atoms with Crippen LogP contribution < -0.4 is 5.32 Å². The summed E-state index contributed by atoms with van der Waals surface area (Å²) in [6, 6.07) is 11.3. The van der Waals surface area contributed by atoms with Gasteiger partial charge in [-0.05, 0) is 56.7 Å². The standard InChI is InChI=1S/C27H32F3N3O3S.C2H6/c1-32(20-10-7-15-31-18-20)25(34)21-16-23(33(35)36)24(17-22(21)27(28,29)30)37-26(12-5-6-13-26)14-11-19-8-3-2-4-9-19;1-2/h2-4,8-9,16-17,20,31H,5-7,10-15,18H2,1H3;1-2H3/t20-;/m1./s1. The van der Waals surface area contributed by atoms with Gasteiger partial charge in [-0.2, -0.15) is 13.2 Å².